The lowest BCUT2D eigenvalue weighted by molar-refractivity contribution is 0.997. The van der Waals surface area contributed by atoms with Gasteiger partial charge in [-0.05, 0) is 38.7 Å². The van der Waals surface area contributed by atoms with Gasteiger partial charge in [-0.2, -0.15) is 5.10 Å². The number of nitrogens with zero attached hydrogens (tertiary/aromatic N) is 3. The van der Waals surface area contributed by atoms with E-state index >= 15 is 0 Å². The van der Waals surface area contributed by atoms with Crippen LogP contribution in [-0.2, 0) is 0 Å². The maximum Gasteiger partial charge on any atom is 0.150 e. The molecule has 108 valence electrons. The predicted molar refractivity (Wildman–Crippen MR) is 85.5 cm³/mol. The monoisotopic (exact) mass is 280 g/mol. The Morgan fingerprint density at radius 1 is 1.19 bits per heavy atom. The molecule has 2 unspecified atom stereocenters. The molecule has 1 heterocycles. The van der Waals surface area contributed by atoms with Crippen LogP contribution in [0.4, 0.5) is 5.82 Å². The van der Waals surface area contributed by atoms with Crippen LogP contribution in [0.3, 0.4) is 0 Å². The molecule has 0 spiro atoms. The number of benzene rings is 1. The van der Waals surface area contributed by atoms with E-state index in [1.54, 1.807) is 0 Å². The average Bonchev–Trinajstić information content (AvgIpc) is 3.25. The smallest absolute Gasteiger partial charge is 0.150 e. The Morgan fingerprint density at radius 2 is 1.95 bits per heavy atom. The normalized spacial score (nSPS) is 21.2. The van der Waals surface area contributed by atoms with Gasteiger partial charge in [-0.3, -0.25) is 5.43 Å². The third-order valence-electron chi connectivity index (χ3n) is 3.87. The summed E-state index contributed by atoms with van der Waals surface area (Å²) in [6.45, 7) is 5.94. The van der Waals surface area contributed by atoms with Crippen molar-refractivity contribution in [3.8, 4) is 0 Å². The fraction of sp³-hybridized carbons (Fsp3) is 0.353. The Bertz CT molecular complexity index is 643. The summed E-state index contributed by atoms with van der Waals surface area (Å²) in [5, 5.41) is 4.49. The third kappa shape index (κ3) is 3.27. The first kappa shape index (κ1) is 13.7. The number of hydrazone groups is 1. The van der Waals surface area contributed by atoms with Crippen LogP contribution in [0.1, 0.15) is 36.3 Å². The van der Waals surface area contributed by atoms with Crippen molar-refractivity contribution in [2.75, 3.05) is 5.43 Å². The highest BCUT2D eigenvalue weighted by Gasteiger charge is 2.40. The standard InChI is InChI=1S/C17H20N4/c1-11-9-17(19-13(3)18-11)21-20-12(2)15-10-16(15)14-7-5-4-6-8-14/h4-9,15-16H,10H2,1-3H3,(H,18,19,21)/b20-12+. The fourth-order valence-electron chi connectivity index (χ4n) is 2.73. The Hall–Kier alpha value is -2.23. The summed E-state index contributed by atoms with van der Waals surface area (Å²) in [7, 11) is 0. The summed E-state index contributed by atoms with van der Waals surface area (Å²) in [6, 6.07) is 12.6. The van der Waals surface area contributed by atoms with Gasteiger partial charge in [0.1, 0.15) is 11.6 Å². The van der Waals surface area contributed by atoms with Gasteiger partial charge in [0.15, 0.2) is 0 Å². The largest absolute Gasteiger partial charge is 0.261 e. The lowest BCUT2D eigenvalue weighted by Crippen LogP contribution is -2.04. The molecule has 0 bridgehead atoms. The van der Waals surface area contributed by atoms with Gasteiger partial charge in [0, 0.05) is 23.4 Å². The quantitative estimate of drug-likeness (QED) is 0.686. The number of aryl methyl sites for hydroxylation is 2. The predicted octanol–water partition coefficient (Wildman–Crippen LogP) is 3.68. The maximum absolute atomic E-state index is 4.49. The third-order valence-corrected chi connectivity index (χ3v) is 3.87. The minimum Gasteiger partial charge on any atom is -0.261 e. The molecule has 1 saturated carbocycles. The second-order valence-electron chi connectivity index (χ2n) is 5.67. The first-order chi connectivity index (χ1) is 10.1. The molecule has 0 saturated heterocycles. The van der Waals surface area contributed by atoms with Crippen LogP contribution in [0.15, 0.2) is 41.5 Å². The molecule has 1 aliphatic carbocycles. The molecule has 1 aromatic heterocycles. The molecule has 1 aliphatic rings. The summed E-state index contributed by atoms with van der Waals surface area (Å²) in [5.41, 5.74) is 6.55. The SMILES string of the molecule is C/C(=N\Nc1cc(C)nc(C)n1)C1CC1c1ccccc1. The van der Waals surface area contributed by atoms with Gasteiger partial charge in [0.2, 0.25) is 0 Å². The summed E-state index contributed by atoms with van der Waals surface area (Å²) in [5.74, 6) is 2.68. The molecule has 1 N–H and O–H groups in total. The van der Waals surface area contributed by atoms with E-state index in [4.69, 9.17) is 0 Å². The molecular weight excluding hydrogens is 260 g/mol. The second kappa shape index (κ2) is 5.64. The van der Waals surface area contributed by atoms with E-state index in [0.29, 0.717) is 11.8 Å². The molecule has 0 amide bonds. The molecule has 4 heteroatoms. The Morgan fingerprint density at radius 3 is 2.67 bits per heavy atom. The van der Waals surface area contributed by atoms with Gasteiger partial charge < -0.3 is 0 Å². The first-order valence-electron chi connectivity index (χ1n) is 7.31. The first-order valence-corrected chi connectivity index (χ1v) is 7.31. The molecule has 21 heavy (non-hydrogen) atoms. The van der Waals surface area contributed by atoms with Gasteiger partial charge >= 0.3 is 0 Å². The second-order valence-corrected chi connectivity index (χ2v) is 5.67. The van der Waals surface area contributed by atoms with Crippen LogP contribution in [0.25, 0.3) is 0 Å². The molecule has 0 radical (unpaired) electrons. The van der Waals surface area contributed by atoms with Gasteiger partial charge in [-0.25, -0.2) is 9.97 Å². The van der Waals surface area contributed by atoms with Crippen molar-refractivity contribution in [2.24, 2.45) is 11.0 Å². The molecule has 3 rings (SSSR count). The Labute approximate surface area is 125 Å². The number of hydrogen-bond acceptors (Lipinski definition) is 4. The number of hydrogen-bond donors (Lipinski definition) is 1. The van der Waals surface area contributed by atoms with Crippen molar-refractivity contribution in [3.63, 3.8) is 0 Å². The number of anilines is 1. The molecular formula is C17H20N4. The summed E-state index contributed by atoms with van der Waals surface area (Å²) < 4.78 is 0. The lowest BCUT2D eigenvalue weighted by atomic mass is 10.1. The molecule has 2 aromatic rings. The van der Waals surface area contributed by atoms with Crippen LogP contribution in [0.2, 0.25) is 0 Å². The van der Waals surface area contributed by atoms with Crippen molar-refractivity contribution in [3.05, 3.63) is 53.5 Å². The topological polar surface area (TPSA) is 50.2 Å². The minimum atomic E-state index is 0.545. The van der Waals surface area contributed by atoms with Crippen LogP contribution >= 0.6 is 0 Å². The Kier molecular flexibility index (Phi) is 3.69. The van der Waals surface area contributed by atoms with Crippen LogP contribution in [-0.4, -0.2) is 15.7 Å². The number of aromatic nitrogens is 2. The van der Waals surface area contributed by atoms with Gasteiger partial charge in [0.05, 0.1) is 0 Å². The summed E-state index contributed by atoms with van der Waals surface area (Å²) >= 11 is 0. The fourth-order valence-corrected chi connectivity index (χ4v) is 2.73. The number of nitrogens with one attached hydrogen (secondary N) is 1. The summed E-state index contributed by atoms with van der Waals surface area (Å²) in [6.07, 6.45) is 1.18. The Balaban J connectivity index is 1.65. The van der Waals surface area contributed by atoms with Crippen LogP contribution < -0.4 is 5.43 Å². The zero-order valence-corrected chi connectivity index (χ0v) is 12.7. The van der Waals surface area contributed by atoms with Crippen molar-refractivity contribution in [1.82, 2.24) is 9.97 Å². The van der Waals surface area contributed by atoms with Gasteiger partial charge in [0.25, 0.3) is 0 Å². The molecule has 0 aliphatic heterocycles. The zero-order valence-electron chi connectivity index (χ0n) is 12.7. The van der Waals surface area contributed by atoms with E-state index in [2.05, 4.69) is 57.8 Å². The van der Waals surface area contributed by atoms with Gasteiger partial charge in [-0.1, -0.05) is 30.3 Å². The highest BCUT2D eigenvalue weighted by Crippen LogP contribution is 2.48. The van der Waals surface area contributed by atoms with E-state index in [1.165, 1.54) is 12.0 Å². The lowest BCUT2D eigenvalue weighted by Gasteiger charge is -2.04. The average molecular weight is 280 g/mol. The van der Waals surface area contributed by atoms with E-state index < -0.39 is 0 Å². The molecule has 4 nitrogen and oxygen atoms in total. The summed E-state index contributed by atoms with van der Waals surface area (Å²) in [4.78, 5) is 8.59. The highest BCUT2D eigenvalue weighted by atomic mass is 15.3. The molecule has 1 aromatic carbocycles. The van der Waals surface area contributed by atoms with E-state index in [-0.39, 0.29) is 0 Å². The van der Waals surface area contributed by atoms with Crippen molar-refractivity contribution in [2.45, 2.75) is 33.1 Å². The van der Waals surface area contributed by atoms with Gasteiger partial charge in [-0.15, -0.1) is 0 Å². The molecule has 2 atom stereocenters. The van der Waals surface area contributed by atoms with E-state index in [9.17, 15) is 0 Å². The minimum absolute atomic E-state index is 0.545. The van der Waals surface area contributed by atoms with Crippen LogP contribution in [0.5, 0.6) is 0 Å². The molecule has 1 fully saturated rings. The maximum atomic E-state index is 4.49. The van der Waals surface area contributed by atoms with E-state index in [1.807, 2.05) is 19.9 Å². The van der Waals surface area contributed by atoms with Crippen molar-refractivity contribution >= 4 is 11.5 Å². The highest BCUT2D eigenvalue weighted by molar-refractivity contribution is 5.88. The van der Waals surface area contributed by atoms with Crippen LogP contribution in [0, 0.1) is 19.8 Å². The zero-order chi connectivity index (χ0) is 14.8. The van der Waals surface area contributed by atoms with E-state index in [0.717, 1.165) is 23.0 Å². The number of rotatable bonds is 4. The van der Waals surface area contributed by atoms with Crippen molar-refractivity contribution < 1.29 is 0 Å². The van der Waals surface area contributed by atoms with Crippen molar-refractivity contribution in [1.29, 1.82) is 0 Å².